The summed E-state index contributed by atoms with van der Waals surface area (Å²) in [5, 5.41) is 2.18. The zero-order valence-electron chi connectivity index (χ0n) is 23.9. The number of fused-ring (bicyclic) bond motifs is 1. The average molecular weight is 544 g/mol. The Morgan fingerprint density at radius 3 is 2.28 bits per heavy atom. The lowest BCUT2D eigenvalue weighted by Gasteiger charge is -2.41. The molecule has 206 valence electrons. The Bertz CT molecular complexity index is 1320. The molecule has 3 heterocycles. The molecule has 0 aliphatic carbocycles. The lowest BCUT2D eigenvalue weighted by Crippen LogP contribution is -2.51. The molecule has 0 spiro atoms. The molecule has 2 atom stereocenters. The van der Waals surface area contributed by atoms with E-state index in [-0.39, 0.29) is 29.3 Å². The molecule has 2 aromatic carbocycles. The number of benzene rings is 2. The Balaban J connectivity index is 1.29. The second-order valence-electron chi connectivity index (χ2n) is 12.0. The highest BCUT2D eigenvalue weighted by atomic mass is 32.1. The summed E-state index contributed by atoms with van der Waals surface area (Å²) in [5.41, 5.74) is 5.87. The van der Waals surface area contributed by atoms with E-state index >= 15 is 0 Å². The highest BCUT2D eigenvalue weighted by Gasteiger charge is 2.37. The average Bonchev–Trinajstić information content (AvgIpc) is 3.27. The topological polar surface area (TPSA) is 43.9 Å². The lowest BCUT2D eigenvalue weighted by molar-refractivity contribution is -0.137. The van der Waals surface area contributed by atoms with Gasteiger partial charge in [-0.3, -0.25) is 14.5 Å². The van der Waals surface area contributed by atoms with Gasteiger partial charge in [0.2, 0.25) is 5.91 Å². The van der Waals surface area contributed by atoms with Crippen LogP contribution in [0.3, 0.4) is 0 Å². The number of rotatable bonds is 4. The van der Waals surface area contributed by atoms with Gasteiger partial charge in [-0.15, -0.1) is 11.3 Å². The first kappa shape index (κ1) is 27.6. The molecule has 0 radical (unpaired) electrons. The van der Waals surface area contributed by atoms with Crippen molar-refractivity contribution in [2.24, 2.45) is 0 Å². The molecule has 5 nitrogen and oxygen atoms in total. The molecule has 2 aliphatic heterocycles. The number of carbonyl (C=O) groups is 2. The fourth-order valence-electron chi connectivity index (χ4n) is 6.04. The van der Waals surface area contributed by atoms with E-state index < -0.39 is 0 Å². The van der Waals surface area contributed by atoms with E-state index in [1.54, 1.807) is 0 Å². The van der Waals surface area contributed by atoms with Crippen molar-refractivity contribution in [1.82, 2.24) is 14.7 Å². The normalized spacial score (nSPS) is 19.4. The summed E-state index contributed by atoms with van der Waals surface area (Å²) in [6.07, 6.45) is 1.77. The molecular formula is C33H41N3O2S. The van der Waals surface area contributed by atoms with Gasteiger partial charge in [0.25, 0.3) is 5.91 Å². The van der Waals surface area contributed by atoms with E-state index in [4.69, 9.17) is 0 Å². The van der Waals surface area contributed by atoms with Crippen molar-refractivity contribution in [1.29, 1.82) is 0 Å². The van der Waals surface area contributed by atoms with Gasteiger partial charge in [-0.2, -0.15) is 0 Å². The van der Waals surface area contributed by atoms with E-state index in [1.165, 1.54) is 27.1 Å². The monoisotopic (exact) mass is 543 g/mol. The van der Waals surface area contributed by atoms with Crippen molar-refractivity contribution >= 4 is 23.2 Å². The Kier molecular flexibility index (Phi) is 7.97. The summed E-state index contributed by atoms with van der Waals surface area (Å²) in [6, 6.07) is 18.6. The predicted octanol–water partition coefficient (Wildman–Crippen LogP) is 6.06. The summed E-state index contributed by atoms with van der Waals surface area (Å²) in [6.45, 7) is 14.1. The van der Waals surface area contributed by atoms with Crippen molar-refractivity contribution in [3.05, 3.63) is 92.7 Å². The summed E-state index contributed by atoms with van der Waals surface area (Å²) < 4.78 is 0. The predicted molar refractivity (Wildman–Crippen MR) is 159 cm³/mol. The van der Waals surface area contributed by atoms with Crippen LogP contribution in [0.5, 0.6) is 0 Å². The first-order valence-electron chi connectivity index (χ1n) is 14.2. The number of aryl methyl sites for hydroxylation is 1. The molecule has 1 fully saturated rings. The third kappa shape index (κ3) is 5.68. The molecule has 2 amide bonds. The van der Waals surface area contributed by atoms with Crippen LogP contribution in [-0.2, 0) is 16.6 Å². The van der Waals surface area contributed by atoms with Gasteiger partial charge in [0.15, 0.2) is 0 Å². The van der Waals surface area contributed by atoms with E-state index in [1.807, 2.05) is 33.3 Å². The number of hydrogen-bond donors (Lipinski definition) is 0. The minimum absolute atomic E-state index is 0.0541. The molecule has 39 heavy (non-hydrogen) atoms. The molecule has 5 rings (SSSR count). The summed E-state index contributed by atoms with van der Waals surface area (Å²) in [5.74, 6) is 0.217. The van der Waals surface area contributed by atoms with Gasteiger partial charge in [-0.1, -0.05) is 57.2 Å². The zero-order valence-corrected chi connectivity index (χ0v) is 24.8. The van der Waals surface area contributed by atoms with Crippen LogP contribution in [-0.4, -0.2) is 65.3 Å². The maximum absolute atomic E-state index is 13.9. The molecule has 0 unspecified atom stereocenters. The van der Waals surface area contributed by atoms with Gasteiger partial charge in [-0.05, 0) is 77.9 Å². The van der Waals surface area contributed by atoms with Gasteiger partial charge in [-0.25, -0.2) is 0 Å². The first-order valence-corrected chi connectivity index (χ1v) is 15.1. The standard InChI is InChI=1S/C33H41N3O2S/c1-23-9-6-7-10-27(23)30-28-16-22-39-29(28)15-19-36(30)24(2)31(37)34-17-8-18-35(21-20-34)32(38)25-11-13-26(14-12-25)33(3,4)5/h6-7,9-14,16,22,24,30H,8,15,17-21H2,1-5H3/t24-,30+/m1/s1. The van der Waals surface area contributed by atoms with E-state index in [0.717, 1.165) is 24.9 Å². The Hall–Kier alpha value is -2.96. The maximum atomic E-state index is 13.9. The molecule has 3 aromatic rings. The Morgan fingerprint density at radius 2 is 1.56 bits per heavy atom. The van der Waals surface area contributed by atoms with Gasteiger partial charge in [0, 0.05) is 43.2 Å². The molecular weight excluding hydrogens is 502 g/mol. The van der Waals surface area contributed by atoms with Crippen molar-refractivity contribution in [2.45, 2.75) is 65.0 Å². The summed E-state index contributed by atoms with van der Waals surface area (Å²) >= 11 is 1.83. The van der Waals surface area contributed by atoms with E-state index in [0.29, 0.717) is 26.2 Å². The number of hydrogen-bond acceptors (Lipinski definition) is 4. The molecule has 1 aromatic heterocycles. The number of carbonyl (C=O) groups excluding carboxylic acids is 2. The fourth-order valence-corrected chi connectivity index (χ4v) is 6.94. The van der Waals surface area contributed by atoms with Crippen LogP contribution in [0.1, 0.15) is 77.6 Å². The highest BCUT2D eigenvalue weighted by Crippen LogP contribution is 2.40. The minimum atomic E-state index is -0.241. The maximum Gasteiger partial charge on any atom is 0.253 e. The third-order valence-corrected chi connectivity index (χ3v) is 9.43. The van der Waals surface area contributed by atoms with Crippen LogP contribution in [0.15, 0.2) is 60.0 Å². The van der Waals surface area contributed by atoms with Crippen LogP contribution in [0.4, 0.5) is 0 Å². The minimum Gasteiger partial charge on any atom is -0.340 e. The smallest absolute Gasteiger partial charge is 0.253 e. The van der Waals surface area contributed by atoms with Gasteiger partial charge >= 0.3 is 0 Å². The summed E-state index contributed by atoms with van der Waals surface area (Å²) in [4.78, 5) is 35.0. The van der Waals surface area contributed by atoms with Crippen LogP contribution in [0, 0.1) is 6.92 Å². The molecule has 6 heteroatoms. The van der Waals surface area contributed by atoms with Crippen molar-refractivity contribution in [3.63, 3.8) is 0 Å². The Morgan fingerprint density at radius 1 is 0.872 bits per heavy atom. The third-order valence-electron chi connectivity index (χ3n) is 8.43. The van der Waals surface area contributed by atoms with Crippen LogP contribution in [0.2, 0.25) is 0 Å². The second-order valence-corrected chi connectivity index (χ2v) is 13.0. The SMILES string of the molecule is Cc1ccccc1[C@H]1c2ccsc2CCN1[C@H](C)C(=O)N1CCCN(C(=O)c2ccc(C(C)(C)C)cc2)CC1. The van der Waals surface area contributed by atoms with Crippen LogP contribution >= 0.6 is 11.3 Å². The molecule has 2 aliphatic rings. The summed E-state index contributed by atoms with van der Waals surface area (Å²) in [7, 11) is 0. The van der Waals surface area contributed by atoms with Crippen LogP contribution < -0.4 is 0 Å². The van der Waals surface area contributed by atoms with E-state index in [9.17, 15) is 9.59 Å². The molecule has 0 saturated carbocycles. The van der Waals surface area contributed by atoms with E-state index in [2.05, 4.69) is 87.4 Å². The molecule has 0 bridgehead atoms. The fraction of sp³-hybridized carbons (Fsp3) is 0.455. The van der Waals surface area contributed by atoms with Crippen molar-refractivity contribution < 1.29 is 9.59 Å². The number of amides is 2. The van der Waals surface area contributed by atoms with Crippen LogP contribution in [0.25, 0.3) is 0 Å². The first-order chi connectivity index (χ1) is 18.6. The number of thiophene rings is 1. The molecule has 1 saturated heterocycles. The van der Waals surface area contributed by atoms with Gasteiger partial charge in [0.1, 0.15) is 0 Å². The lowest BCUT2D eigenvalue weighted by atomic mass is 9.86. The molecule has 0 N–H and O–H groups in total. The van der Waals surface area contributed by atoms with Gasteiger partial charge < -0.3 is 9.80 Å². The Labute approximate surface area is 237 Å². The quantitative estimate of drug-likeness (QED) is 0.402. The number of nitrogens with zero attached hydrogens (tertiary/aromatic N) is 3. The zero-order chi connectivity index (χ0) is 27.7. The van der Waals surface area contributed by atoms with Gasteiger partial charge in [0.05, 0.1) is 12.1 Å². The van der Waals surface area contributed by atoms with Crippen molar-refractivity contribution in [3.8, 4) is 0 Å². The second kappa shape index (κ2) is 11.3. The largest absolute Gasteiger partial charge is 0.340 e. The van der Waals surface area contributed by atoms with Crippen molar-refractivity contribution in [2.75, 3.05) is 32.7 Å². The highest BCUT2D eigenvalue weighted by molar-refractivity contribution is 7.10.